The first-order valence-electron chi connectivity index (χ1n) is 5.49. The summed E-state index contributed by atoms with van der Waals surface area (Å²) < 4.78 is 0. The lowest BCUT2D eigenvalue weighted by Crippen LogP contribution is -2.37. The van der Waals surface area contributed by atoms with Crippen LogP contribution in [-0.4, -0.2) is 36.1 Å². The molecule has 3 nitrogen and oxygen atoms in total. The van der Waals surface area contributed by atoms with Crippen LogP contribution in [0, 0.1) is 6.92 Å². The van der Waals surface area contributed by atoms with Crippen LogP contribution >= 0.6 is 11.3 Å². The molecule has 0 N–H and O–H groups in total. The fourth-order valence-electron chi connectivity index (χ4n) is 1.83. The van der Waals surface area contributed by atoms with E-state index >= 15 is 0 Å². The van der Waals surface area contributed by atoms with E-state index in [1.807, 2.05) is 19.1 Å². The van der Waals surface area contributed by atoms with Crippen LogP contribution < -0.4 is 0 Å². The van der Waals surface area contributed by atoms with Gasteiger partial charge in [0.1, 0.15) is 5.78 Å². The summed E-state index contributed by atoms with van der Waals surface area (Å²) in [5, 5.41) is 0. The summed E-state index contributed by atoms with van der Waals surface area (Å²) in [4.78, 5) is 27.0. The molecule has 0 spiro atoms. The van der Waals surface area contributed by atoms with Gasteiger partial charge in [-0.25, -0.2) is 0 Å². The highest BCUT2D eigenvalue weighted by Gasteiger charge is 2.19. The van der Waals surface area contributed by atoms with Crippen molar-refractivity contribution in [2.75, 3.05) is 19.6 Å². The van der Waals surface area contributed by atoms with E-state index in [9.17, 15) is 9.59 Å². The van der Waals surface area contributed by atoms with E-state index < -0.39 is 0 Å². The minimum atomic E-state index is 0.174. The van der Waals surface area contributed by atoms with Crippen LogP contribution in [0.3, 0.4) is 0 Å². The van der Waals surface area contributed by atoms with Crippen LogP contribution in [0.2, 0.25) is 0 Å². The molecular formula is C12H15NO2S. The van der Waals surface area contributed by atoms with Gasteiger partial charge in [0.25, 0.3) is 0 Å². The molecule has 1 aromatic rings. The van der Waals surface area contributed by atoms with E-state index in [-0.39, 0.29) is 5.78 Å². The summed E-state index contributed by atoms with van der Waals surface area (Å²) in [6.45, 7) is 3.91. The van der Waals surface area contributed by atoms with Crippen LogP contribution in [0.4, 0.5) is 0 Å². The molecule has 1 aromatic heterocycles. The van der Waals surface area contributed by atoms with Crippen LogP contribution in [0.5, 0.6) is 0 Å². The number of carbonyl (C=O) groups excluding carboxylic acids is 2. The number of Topliss-reactive ketones (excluding diaryl/α,β-unsaturated/α-hetero) is 2. The predicted molar refractivity (Wildman–Crippen MR) is 64.1 cm³/mol. The number of ketones is 2. The van der Waals surface area contributed by atoms with Gasteiger partial charge < -0.3 is 0 Å². The standard InChI is InChI=1S/C12H15NO2S/c1-9-2-3-12(16-9)11(15)8-13-6-4-10(14)5-7-13/h2-3H,4-8H2,1H3. The Morgan fingerprint density at radius 1 is 1.38 bits per heavy atom. The Hall–Kier alpha value is -1.00. The van der Waals surface area contributed by atoms with E-state index in [4.69, 9.17) is 0 Å². The van der Waals surface area contributed by atoms with Crippen LogP contribution in [0.15, 0.2) is 12.1 Å². The first-order chi connectivity index (χ1) is 7.65. The molecule has 0 amide bonds. The zero-order valence-electron chi connectivity index (χ0n) is 9.36. The highest BCUT2D eigenvalue weighted by Crippen LogP contribution is 2.16. The summed E-state index contributed by atoms with van der Waals surface area (Å²) in [6.07, 6.45) is 1.19. The molecule has 4 heteroatoms. The number of piperidine rings is 1. The first kappa shape index (κ1) is 11.5. The van der Waals surface area contributed by atoms with Crippen LogP contribution in [0.25, 0.3) is 0 Å². The molecule has 0 saturated carbocycles. The average Bonchev–Trinajstić information content (AvgIpc) is 2.68. The molecule has 1 aliphatic heterocycles. The summed E-state index contributed by atoms with van der Waals surface area (Å²) in [7, 11) is 0. The summed E-state index contributed by atoms with van der Waals surface area (Å²) in [5.41, 5.74) is 0. The summed E-state index contributed by atoms with van der Waals surface area (Å²) in [6, 6.07) is 3.86. The Morgan fingerprint density at radius 2 is 2.06 bits per heavy atom. The van der Waals surface area contributed by atoms with E-state index in [2.05, 4.69) is 4.90 Å². The van der Waals surface area contributed by atoms with Gasteiger partial charge >= 0.3 is 0 Å². The normalized spacial score (nSPS) is 17.7. The fourth-order valence-corrected chi connectivity index (χ4v) is 2.62. The van der Waals surface area contributed by atoms with Gasteiger partial charge in [0.15, 0.2) is 5.78 Å². The monoisotopic (exact) mass is 237 g/mol. The van der Waals surface area contributed by atoms with Gasteiger partial charge in [-0.3, -0.25) is 14.5 Å². The van der Waals surface area contributed by atoms with Gasteiger partial charge in [-0.05, 0) is 19.1 Å². The Balaban J connectivity index is 1.90. The second-order valence-corrected chi connectivity index (χ2v) is 5.44. The molecule has 16 heavy (non-hydrogen) atoms. The molecule has 0 aliphatic carbocycles. The number of nitrogens with zero attached hydrogens (tertiary/aromatic N) is 1. The maximum absolute atomic E-state index is 11.9. The number of aryl methyl sites for hydroxylation is 1. The Kier molecular flexibility index (Phi) is 3.51. The van der Waals surface area contributed by atoms with Crippen LogP contribution in [-0.2, 0) is 4.79 Å². The van der Waals surface area contributed by atoms with E-state index in [0.29, 0.717) is 25.2 Å². The maximum Gasteiger partial charge on any atom is 0.186 e. The molecule has 0 unspecified atom stereocenters. The van der Waals surface area contributed by atoms with Crippen LogP contribution in [0.1, 0.15) is 27.4 Å². The van der Waals surface area contributed by atoms with Crippen molar-refractivity contribution in [2.45, 2.75) is 19.8 Å². The maximum atomic E-state index is 11.9. The fraction of sp³-hybridized carbons (Fsp3) is 0.500. The second-order valence-electron chi connectivity index (χ2n) is 4.15. The zero-order valence-corrected chi connectivity index (χ0v) is 10.2. The Morgan fingerprint density at radius 3 is 2.62 bits per heavy atom. The molecule has 0 aromatic carbocycles. The van der Waals surface area contributed by atoms with E-state index in [1.165, 1.54) is 0 Å². The van der Waals surface area contributed by atoms with Crippen molar-refractivity contribution >= 4 is 22.9 Å². The molecule has 86 valence electrons. The van der Waals surface area contributed by atoms with E-state index in [0.717, 1.165) is 22.8 Å². The molecule has 1 saturated heterocycles. The largest absolute Gasteiger partial charge is 0.300 e. The SMILES string of the molecule is Cc1ccc(C(=O)CN2CCC(=O)CC2)s1. The molecule has 0 radical (unpaired) electrons. The van der Waals surface area contributed by atoms with Gasteiger partial charge in [-0.1, -0.05) is 0 Å². The van der Waals surface area contributed by atoms with Gasteiger partial charge in [0, 0.05) is 30.8 Å². The van der Waals surface area contributed by atoms with Crippen molar-refractivity contribution in [3.8, 4) is 0 Å². The summed E-state index contributed by atoms with van der Waals surface area (Å²) in [5.74, 6) is 0.489. The number of thiophene rings is 1. The summed E-state index contributed by atoms with van der Waals surface area (Å²) >= 11 is 1.54. The number of likely N-dealkylation sites (tertiary alicyclic amines) is 1. The molecule has 1 fully saturated rings. The molecule has 0 bridgehead atoms. The van der Waals surface area contributed by atoms with Crippen molar-refractivity contribution < 1.29 is 9.59 Å². The Labute approximate surface area is 99.1 Å². The van der Waals surface area contributed by atoms with Crippen molar-refractivity contribution in [2.24, 2.45) is 0 Å². The van der Waals surface area contributed by atoms with Crippen molar-refractivity contribution in [3.63, 3.8) is 0 Å². The number of rotatable bonds is 3. The minimum absolute atomic E-state index is 0.174. The third-order valence-electron chi connectivity index (χ3n) is 2.80. The first-order valence-corrected chi connectivity index (χ1v) is 6.30. The Bertz CT molecular complexity index is 401. The highest BCUT2D eigenvalue weighted by molar-refractivity contribution is 7.14. The molecule has 2 rings (SSSR count). The lowest BCUT2D eigenvalue weighted by Gasteiger charge is -2.24. The molecule has 0 atom stereocenters. The predicted octanol–water partition coefficient (Wildman–Crippen LogP) is 1.90. The average molecular weight is 237 g/mol. The number of hydrogen-bond acceptors (Lipinski definition) is 4. The van der Waals surface area contributed by atoms with Gasteiger partial charge in [0.05, 0.1) is 11.4 Å². The smallest absolute Gasteiger partial charge is 0.186 e. The second kappa shape index (κ2) is 4.89. The minimum Gasteiger partial charge on any atom is -0.300 e. The zero-order chi connectivity index (χ0) is 11.5. The van der Waals surface area contributed by atoms with Crippen molar-refractivity contribution in [3.05, 3.63) is 21.9 Å². The third kappa shape index (κ3) is 2.77. The topological polar surface area (TPSA) is 37.4 Å². The van der Waals surface area contributed by atoms with Gasteiger partial charge in [0.2, 0.25) is 0 Å². The lowest BCUT2D eigenvalue weighted by molar-refractivity contribution is -0.121. The molecular weight excluding hydrogens is 222 g/mol. The van der Waals surface area contributed by atoms with E-state index in [1.54, 1.807) is 11.3 Å². The molecule has 2 heterocycles. The lowest BCUT2D eigenvalue weighted by atomic mass is 10.1. The highest BCUT2D eigenvalue weighted by atomic mass is 32.1. The van der Waals surface area contributed by atoms with Crippen molar-refractivity contribution in [1.29, 1.82) is 0 Å². The quantitative estimate of drug-likeness (QED) is 0.754. The van der Waals surface area contributed by atoms with Gasteiger partial charge in [-0.2, -0.15) is 0 Å². The number of carbonyl (C=O) groups is 2. The van der Waals surface area contributed by atoms with Gasteiger partial charge in [-0.15, -0.1) is 11.3 Å². The van der Waals surface area contributed by atoms with Crippen molar-refractivity contribution in [1.82, 2.24) is 4.90 Å². The number of hydrogen-bond donors (Lipinski definition) is 0. The molecule has 1 aliphatic rings. The third-order valence-corrected chi connectivity index (χ3v) is 3.84.